The van der Waals surface area contributed by atoms with Crippen molar-refractivity contribution in [2.24, 2.45) is 0 Å². The number of pyridine rings is 1. The van der Waals surface area contributed by atoms with E-state index in [1.165, 1.54) is 67.9 Å². The molecule has 1 atom stereocenters. The van der Waals surface area contributed by atoms with E-state index in [0.717, 1.165) is 6.42 Å². The molecule has 2 aromatic carbocycles. The molecule has 1 N–H and O–H groups in total. The first-order valence-corrected chi connectivity index (χ1v) is 13.3. The number of benzene rings is 2. The fraction of sp³-hybridized carbons (Fsp3) is 0.300. The third kappa shape index (κ3) is 7.83. The van der Waals surface area contributed by atoms with E-state index in [0.29, 0.717) is 24.9 Å². The van der Waals surface area contributed by atoms with Gasteiger partial charge in [0.2, 0.25) is 0 Å². The van der Waals surface area contributed by atoms with E-state index in [-0.39, 0.29) is 53.5 Å². The molecule has 4 rings (SSSR count). The number of amides is 2. The number of aromatic nitrogens is 1. The number of nitrogens with zero attached hydrogens (tertiary/aromatic N) is 2. The summed E-state index contributed by atoms with van der Waals surface area (Å²) >= 11 is 0. The van der Waals surface area contributed by atoms with Gasteiger partial charge in [0.05, 0.1) is 12.7 Å². The zero-order valence-electron chi connectivity index (χ0n) is 23.5. The van der Waals surface area contributed by atoms with Gasteiger partial charge in [-0.15, -0.1) is 0 Å². The summed E-state index contributed by atoms with van der Waals surface area (Å²) in [5.41, 5.74) is 0.106. The maximum Gasteiger partial charge on any atom is 0.453 e. The number of hydrogen-bond acceptors (Lipinski definition) is 10. The van der Waals surface area contributed by atoms with Gasteiger partial charge in [0.15, 0.2) is 24.1 Å². The number of halogens is 1. The fourth-order valence-corrected chi connectivity index (χ4v) is 4.43. The molecule has 0 bridgehead atoms. The van der Waals surface area contributed by atoms with Crippen LogP contribution in [0.25, 0.3) is 0 Å². The monoisotopic (exact) mass is 595 g/mol. The SMILES string of the molecule is COCOc1ccc(OC)c(F)c1C(=O)c1ccc(C(=O)OOC(=O)N2CCCCC(NC(=O)c3ccncc3)C2)cc1. The Morgan fingerprint density at radius 1 is 0.907 bits per heavy atom. The van der Waals surface area contributed by atoms with E-state index in [9.17, 15) is 19.2 Å². The Morgan fingerprint density at radius 3 is 2.30 bits per heavy atom. The van der Waals surface area contributed by atoms with Gasteiger partial charge >= 0.3 is 12.1 Å². The van der Waals surface area contributed by atoms with E-state index in [4.69, 9.17) is 24.0 Å². The summed E-state index contributed by atoms with van der Waals surface area (Å²) < 4.78 is 30.2. The van der Waals surface area contributed by atoms with Crippen molar-refractivity contribution in [3.63, 3.8) is 0 Å². The number of carbonyl (C=O) groups is 4. The van der Waals surface area contributed by atoms with Crippen molar-refractivity contribution in [1.82, 2.24) is 15.2 Å². The van der Waals surface area contributed by atoms with E-state index in [2.05, 4.69) is 10.3 Å². The van der Waals surface area contributed by atoms with Crippen LogP contribution in [0.3, 0.4) is 0 Å². The zero-order chi connectivity index (χ0) is 30.8. The molecule has 226 valence electrons. The maximum atomic E-state index is 15.0. The number of nitrogens with one attached hydrogen (secondary N) is 1. The summed E-state index contributed by atoms with van der Waals surface area (Å²) in [5, 5.41) is 2.90. The summed E-state index contributed by atoms with van der Waals surface area (Å²) in [6.45, 7) is 0.306. The van der Waals surface area contributed by atoms with Gasteiger partial charge in [0, 0.05) is 49.8 Å². The lowest BCUT2D eigenvalue weighted by Crippen LogP contribution is -2.45. The van der Waals surface area contributed by atoms with Crippen LogP contribution in [0.4, 0.5) is 9.18 Å². The Labute approximate surface area is 246 Å². The molecule has 0 radical (unpaired) electrons. The number of methoxy groups -OCH3 is 2. The van der Waals surface area contributed by atoms with Gasteiger partial charge in [0.1, 0.15) is 11.3 Å². The van der Waals surface area contributed by atoms with Crippen LogP contribution in [0.15, 0.2) is 60.9 Å². The highest BCUT2D eigenvalue weighted by molar-refractivity contribution is 6.11. The highest BCUT2D eigenvalue weighted by atomic mass is 19.1. The summed E-state index contributed by atoms with van der Waals surface area (Å²) in [5.74, 6) is -3.11. The first-order chi connectivity index (χ1) is 20.8. The van der Waals surface area contributed by atoms with Crippen LogP contribution in [0.2, 0.25) is 0 Å². The number of ketones is 1. The minimum atomic E-state index is -0.985. The molecule has 0 spiro atoms. The Hall–Kier alpha value is -5.04. The lowest BCUT2D eigenvalue weighted by molar-refractivity contribution is -0.192. The lowest BCUT2D eigenvalue weighted by atomic mass is 10.00. The molecule has 1 aromatic heterocycles. The molecule has 1 aliphatic rings. The van der Waals surface area contributed by atoms with Gasteiger partial charge in [-0.3, -0.25) is 14.6 Å². The van der Waals surface area contributed by atoms with Crippen molar-refractivity contribution in [2.45, 2.75) is 25.3 Å². The highest BCUT2D eigenvalue weighted by Crippen LogP contribution is 2.31. The van der Waals surface area contributed by atoms with Crippen LogP contribution in [0.5, 0.6) is 11.5 Å². The Kier molecular flexibility index (Phi) is 10.6. The van der Waals surface area contributed by atoms with Crippen LogP contribution in [-0.4, -0.2) is 73.8 Å². The third-order valence-electron chi connectivity index (χ3n) is 6.63. The first kappa shape index (κ1) is 30.9. The van der Waals surface area contributed by atoms with Crippen molar-refractivity contribution in [2.75, 3.05) is 34.1 Å². The van der Waals surface area contributed by atoms with Gasteiger partial charge < -0.3 is 24.4 Å². The van der Waals surface area contributed by atoms with Crippen LogP contribution >= 0.6 is 0 Å². The molecule has 12 nitrogen and oxygen atoms in total. The number of ether oxygens (including phenoxy) is 3. The van der Waals surface area contributed by atoms with Gasteiger partial charge in [0.25, 0.3) is 5.91 Å². The minimum absolute atomic E-state index is 0.0234. The van der Waals surface area contributed by atoms with Crippen molar-refractivity contribution >= 4 is 23.8 Å². The summed E-state index contributed by atoms with van der Waals surface area (Å²) in [7, 11) is 2.65. The molecule has 0 saturated carbocycles. The minimum Gasteiger partial charge on any atom is -0.494 e. The Balaban J connectivity index is 1.36. The van der Waals surface area contributed by atoms with Crippen molar-refractivity contribution < 1.29 is 47.6 Å². The summed E-state index contributed by atoms with van der Waals surface area (Å²) in [6.07, 6.45) is 4.25. The Morgan fingerprint density at radius 2 is 1.60 bits per heavy atom. The number of rotatable bonds is 9. The highest BCUT2D eigenvalue weighted by Gasteiger charge is 2.27. The predicted octanol–water partition coefficient (Wildman–Crippen LogP) is 3.94. The molecular weight excluding hydrogens is 565 g/mol. The molecule has 13 heteroatoms. The van der Waals surface area contributed by atoms with Crippen molar-refractivity contribution in [3.8, 4) is 11.5 Å². The second kappa shape index (κ2) is 14.7. The zero-order valence-corrected chi connectivity index (χ0v) is 23.5. The summed E-state index contributed by atoms with van der Waals surface area (Å²) in [4.78, 5) is 65.7. The van der Waals surface area contributed by atoms with Crippen LogP contribution in [0.1, 0.15) is 55.9 Å². The first-order valence-electron chi connectivity index (χ1n) is 13.3. The fourth-order valence-electron chi connectivity index (χ4n) is 4.43. The molecular formula is C30H30FN3O9. The molecule has 3 aromatic rings. The largest absolute Gasteiger partial charge is 0.494 e. The quantitative estimate of drug-likeness (QED) is 0.167. The third-order valence-corrected chi connectivity index (χ3v) is 6.63. The van der Waals surface area contributed by atoms with Crippen LogP contribution in [0, 0.1) is 5.82 Å². The van der Waals surface area contributed by atoms with Crippen LogP contribution < -0.4 is 14.8 Å². The lowest BCUT2D eigenvalue weighted by Gasteiger charge is -2.23. The van der Waals surface area contributed by atoms with Gasteiger partial charge in [-0.1, -0.05) is 12.1 Å². The molecule has 43 heavy (non-hydrogen) atoms. The average Bonchev–Trinajstić information content (AvgIpc) is 3.28. The average molecular weight is 596 g/mol. The van der Waals surface area contributed by atoms with E-state index in [1.807, 2.05) is 0 Å². The molecule has 1 unspecified atom stereocenters. The van der Waals surface area contributed by atoms with Gasteiger partial charge in [-0.05, 0) is 55.7 Å². The maximum absolute atomic E-state index is 15.0. The molecule has 1 aliphatic heterocycles. The van der Waals surface area contributed by atoms with Gasteiger partial charge in [-0.2, -0.15) is 0 Å². The standard InChI is InChI=1S/C30H30FN3O9/c1-39-18-41-23-10-11-24(40-2)26(31)25(23)27(35)19-6-8-21(9-7-19)29(37)42-43-30(38)34-16-4-3-5-22(17-34)33-28(36)20-12-14-32-15-13-20/h6-15,22H,3-5,16-18H2,1-2H3,(H,33,36). The topological polar surface area (TPSA) is 143 Å². The van der Waals surface area contributed by atoms with E-state index >= 15 is 4.39 Å². The molecule has 2 amide bonds. The van der Waals surface area contributed by atoms with Gasteiger partial charge in [-0.25, -0.2) is 23.8 Å². The normalized spacial score (nSPS) is 14.7. The molecule has 1 fully saturated rings. The predicted molar refractivity (Wildman–Crippen MR) is 148 cm³/mol. The Bertz CT molecular complexity index is 1450. The second-order valence-corrected chi connectivity index (χ2v) is 9.48. The molecule has 0 aliphatic carbocycles. The van der Waals surface area contributed by atoms with Crippen LogP contribution in [-0.2, 0) is 14.5 Å². The van der Waals surface area contributed by atoms with E-state index < -0.39 is 23.7 Å². The summed E-state index contributed by atoms with van der Waals surface area (Å²) in [6, 6.07) is 10.7. The smallest absolute Gasteiger partial charge is 0.453 e. The number of carbonyl (C=O) groups excluding carboxylic acids is 4. The molecule has 1 saturated heterocycles. The number of hydrogen-bond donors (Lipinski definition) is 1. The second-order valence-electron chi connectivity index (χ2n) is 9.48. The van der Waals surface area contributed by atoms with E-state index in [1.54, 1.807) is 12.1 Å². The molecule has 2 heterocycles. The number of likely N-dealkylation sites (tertiary alicyclic amines) is 1. The van der Waals surface area contributed by atoms with Crippen molar-refractivity contribution in [3.05, 3.63) is 89.0 Å². The van der Waals surface area contributed by atoms with Crippen molar-refractivity contribution in [1.29, 1.82) is 0 Å².